The van der Waals surface area contributed by atoms with Crippen LogP contribution in [0.2, 0.25) is 0 Å². The van der Waals surface area contributed by atoms with Crippen molar-refractivity contribution in [2.24, 2.45) is 0 Å². The molecule has 0 radical (unpaired) electrons. The first-order valence-electron chi connectivity index (χ1n) is 7.95. The Morgan fingerprint density at radius 1 is 0.962 bits per heavy atom. The zero-order valence-corrected chi connectivity index (χ0v) is 13.9. The van der Waals surface area contributed by atoms with Crippen molar-refractivity contribution >= 4 is 17.5 Å². The Hall–Kier alpha value is -3.16. The topological polar surface area (TPSA) is 62.7 Å². The molecule has 3 aromatic rings. The molecular weight excluding hydrogens is 343 g/mol. The Bertz CT molecular complexity index is 881. The van der Waals surface area contributed by atoms with Crippen LogP contribution in [-0.2, 0) is 6.18 Å². The van der Waals surface area contributed by atoms with Crippen molar-refractivity contribution in [3.63, 3.8) is 0 Å². The molecule has 134 valence electrons. The van der Waals surface area contributed by atoms with Gasteiger partial charge in [0.2, 0.25) is 5.95 Å². The molecule has 0 saturated heterocycles. The molecule has 2 heterocycles. The van der Waals surface area contributed by atoms with Crippen molar-refractivity contribution in [3.8, 4) is 11.4 Å². The maximum atomic E-state index is 13.2. The molecule has 0 atom stereocenters. The standard InChI is InChI=1S/C18H16F3N5/c1-2-22-17-25-15(14-9-5-6-10-23-14)11-16(26-17)24-13-8-4-3-7-12(13)18(19,20)21/h3-11H,2H2,1H3,(H2,22,24,25,26). The Morgan fingerprint density at radius 2 is 1.73 bits per heavy atom. The summed E-state index contributed by atoms with van der Waals surface area (Å²) in [5.41, 5.74) is 0.265. The molecule has 8 heteroatoms. The van der Waals surface area contributed by atoms with Crippen LogP contribution < -0.4 is 10.6 Å². The average molecular weight is 359 g/mol. The SMILES string of the molecule is CCNc1nc(Nc2ccccc2C(F)(F)F)cc(-c2ccccn2)n1. The smallest absolute Gasteiger partial charge is 0.354 e. The third kappa shape index (κ3) is 4.08. The second kappa shape index (κ2) is 7.38. The van der Waals surface area contributed by atoms with E-state index in [1.54, 1.807) is 24.4 Å². The van der Waals surface area contributed by atoms with Gasteiger partial charge in [0.25, 0.3) is 0 Å². The first kappa shape index (κ1) is 17.7. The van der Waals surface area contributed by atoms with E-state index in [1.807, 2.05) is 13.0 Å². The lowest BCUT2D eigenvalue weighted by Crippen LogP contribution is -2.10. The molecule has 0 saturated carbocycles. The fourth-order valence-electron chi connectivity index (χ4n) is 2.37. The summed E-state index contributed by atoms with van der Waals surface area (Å²) in [6.07, 6.45) is -2.85. The lowest BCUT2D eigenvalue weighted by Gasteiger charge is -2.15. The maximum absolute atomic E-state index is 13.2. The van der Waals surface area contributed by atoms with Crippen molar-refractivity contribution in [1.29, 1.82) is 0 Å². The Kier molecular flexibility index (Phi) is 5.01. The molecule has 2 aromatic heterocycles. The molecule has 0 spiro atoms. The van der Waals surface area contributed by atoms with Gasteiger partial charge in [0.15, 0.2) is 0 Å². The number of nitrogens with zero attached hydrogens (tertiary/aromatic N) is 3. The van der Waals surface area contributed by atoms with Gasteiger partial charge in [0.1, 0.15) is 5.82 Å². The Morgan fingerprint density at radius 3 is 2.42 bits per heavy atom. The molecule has 0 unspecified atom stereocenters. The molecule has 0 aliphatic rings. The number of hydrogen-bond acceptors (Lipinski definition) is 5. The van der Waals surface area contributed by atoms with E-state index in [1.165, 1.54) is 18.2 Å². The van der Waals surface area contributed by atoms with Crippen LogP contribution in [0.5, 0.6) is 0 Å². The van der Waals surface area contributed by atoms with Crippen LogP contribution in [0.15, 0.2) is 54.7 Å². The van der Waals surface area contributed by atoms with Gasteiger partial charge in [0.05, 0.1) is 22.6 Å². The summed E-state index contributed by atoms with van der Waals surface area (Å²) < 4.78 is 39.6. The summed E-state index contributed by atoms with van der Waals surface area (Å²) >= 11 is 0. The second-order valence-electron chi connectivity index (χ2n) is 5.38. The number of para-hydroxylation sites is 1. The normalized spacial score (nSPS) is 11.2. The number of alkyl halides is 3. The highest BCUT2D eigenvalue weighted by molar-refractivity contribution is 5.67. The third-order valence-corrected chi connectivity index (χ3v) is 3.48. The number of aromatic nitrogens is 3. The second-order valence-corrected chi connectivity index (χ2v) is 5.38. The number of anilines is 3. The van der Waals surface area contributed by atoms with E-state index in [4.69, 9.17) is 0 Å². The maximum Gasteiger partial charge on any atom is 0.418 e. The van der Waals surface area contributed by atoms with Gasteiger partial charge in [-0.1, -0.05) is 18.2 Å². The fourth-order valence-corrected chi connectivity index (χ4v) is 2.37. The van der Waals surface area contributed by atoms with Gasteiger partial charge in [-0.3, -0.25) is 4.98 Å². The van der Waals surface area contributed by atoms with Crippen LogP contribution in [-0.4, -0.2) is 21.5 Å². The monoisotopic (exact) mass is 359 g/mol. The zero-order valence-electron chi connectivity index (χ0n) is 13.9. The largest absolute Gasteiger partial charge is 0.418 e. The van der Waals surface area contributed by atoms with Crippen LogP contribution in [0.25, 0.3) is 11.4 Å². The first-order chi connectivity index (χ1) is 12.5. The molecule has 0 aliphatic carbocycles. The zero-order chi connectivity index (χ0) is 18.6. The minimum Gasteiger partial charge on any atom is -0.354 e. The van der Waals surface area contributed by atoms with E-state index < -0.39 is 11.7 Å². The number of pyridine rings is 1. The van der Waals surface area contributed by atoms with Crippen LogP contribution in [0.3, 0.4) is 0 Å². The fraction of sp³-hybridized carbons (Fsp3) is 0.167. The van der Waals surface area contributed by atoms with Crippen LogP contribution in [0.1, 0.15) is 12.5 Å². The van der Waals surface area contributed by atoms with Crippen molar-refractivity contribution < 1.29 is 13.2 Å². The summed E-state index contributed by atoms with van der Waals surface area (Å²) in [6.45, 7) is 2.45. The molecule has 1 aromatic carbocycles. The molecule has 2 N–H and O–H groups in total. The van der Waals surface area contributed by atoms with Gasteiger partial charge in [-0.05, 0) is 31.2 Å². The predicted molar refractivity (Wildman–Crippen MR) is 94.2 cm³/mol. The van der Waals surface area contributed by atoms with Crippen LogP contribution in [0.4, 0.5) is 30.6 Å². The van der Waals surface area contributed by atoms with Gasteiger partial charge < -0.3 is 10.6 Å². The number of halogens is 3. The number of benzene rings is 1. The van der Waals surface area contributed by atoms with Crippen LogP contribution >= 0.6 is 0 Å². The lowest BCUT2D eigenvalue weighted by atomic mass is 10.1. The van der Waals surface area contributed by atoms with Crippen molar-refractivity contribution in [2.45, 2.75) is 13.1 Å². The predicted octanol–water partition coefficient (Wildman–Crippen LogP) is 4.73. The average Bonchev–Trinajstić information content (AvgIpc) is 2.62. The molecular formula is C18H16F3N5. The van der Waals surface area contributed by atoms with E-state index in [9.17, 15) is 13.2 Å². The summed E-state index contributed by atoms with van der Waals surface area (Å²) in [4.78, 5) is 12.8. The number of nitrogens with one attached hydrogen (secondary N) is 2. The summed E-state index contributed by atoms with van der Waals surface area (Å²) in [5.74, 6) is 0.552. The summed E-state index contributed by atoms with van der Waals surface area (Å²) in [7, 11) is 0. The minimum atomic E-state index is -4.47. The molecule has 0 aliphatic heterocycles. The van der Waals surface area contributed by atoms with Gasteiger partial charge in [0, 0.05) is 18.8 Å². The van der Waals surface area contributed by atoms with Crippen LogP contribution in [0, 0.1) is 0 Å². The highest BCUT2D eigenvalue weighted by Gasteiger charge is 2.33. The molecule has 0 bridgehead atoms. The van der Waals surface area contributed by atoms with Crippen molar-refractivity contribution in [3.05, 3.63) is 60.3 Å². The van der Waals surface area contributed by atoms with Gasteiger partial charge in [-0.25, -0.2) is 4.98 Å². The highest BCUT2D eigenvalue weighted by Crippen LogP contribution is 2.36. The molecule has 3 rings (SSSR count). The molecule has 0 amide bonds. The van der Waals surface area contributed by atoms with Gasteiger partial charge in [-0.15, -0.1) is 0 Å². The molecule has 26 heavy (non-hydrogen) atoms. The van der Waals surface area contributed by atoms with E-state index in [0.717, 1.165) is 6.07 Å². The first-order valence-corrected chi connectivity index (χ1v) is 7.95. The number of rotatable bonds is 5. The lowest BCUT2D eigenvalue weighted by molar-refractivity contribution is -0.136. The highest BCUT2D eigenvalue weighted by atomic mass is 19.4. The van der Waals surface area contributed by atoms with Crippen molar-refractivity contribution in [1.82, 2.24) is 15.0 Å². The van der Waals surface area contributed by atoms with E-state index in [2.05, 4.69) is 25.6 Å². The van der Waals surface area contributed by atoms with E-state index >= 15 is 0 Å². The Labute approximate surface area is 148 Å². The van der Waals surface area contributed by atoms with Gasteiger partial charge >= 0.3 is 6.18 Å². The van der Waals surface area contributed by atoms with E-state index in [-0.39, 0.29) is 11.5 Å². The molecule has 0 fully saturated rings. The Balaban J connectivity index is 2.02. The van der Waals surface area contributed by atoms with E-state index in [0.29, 0.717) is 23.9 Å². The quantitative estimate of drug-likeness (QED) is 0.689. The summed E-state index contributed by atoms with van der Waals surface area (Å²) in [5, 5.41) is 5.73. The van der Waals surface area contributed by atoms with Crippen molar-refractivity contribution in [2.75, 3.05) is 17.2 Å². The number of hydrogen-bond donors (Lipinski definition) is 2. The minimum absolute atomic E-state index is 0.0758. The van der Waals surface area contributed by atoms with Gasteiger partial charge in [-0.2, -0.15) is 18.2 Å². The molecule has 5 nitrogen and oxygen atoms in total. The summed E-state index contributed by atoms with van der Waals surface area (Å²) in [6, 6.07) is 12.2. The third-order valence-electron chi connectivity index (χ3n) is 3.48.